The number of methoxy groups -OCH3 is 1. The van der Waals surface area contributed by atoms with Gasteiger partial charge in [-0.1, -0.05) is 17.3 Å². The van der Waals surface area contributed by atoms with Crippen LogP contribution in [-0.4, -0.2) is 45.7 Å². The maximum Gasteiger partial charge on any atom is 0.406 e. The average Bonchev–Trinajstić information content (AvgIpc) is 3.36. The lowest BCUT2D eigenvalue weighted by Gasteiger charge is -2.26. The minimum Gasteiger partial charge on any atom is -0.496 e. The van der Waals surface area contributed by atoms with Crippen LogP contribution in [0.1, 0.15) is 23.7 Å². The van der Waals surface area contributed by atoms with E-state index in [0.717, 1.165) is 6.07 Å². The summed E-state index contributed by atoms with van der Waals surface area (Å²) in [7, 11) is 1.48. The molecule has 0 bridgehead atoms. The first-order chi connectivity index (χ1) is 18.7. The molecule has 0 spiro atoms. The van der Waals surface area contributed by atoms with Crippen LogP contribution in [0, 0.1) is 5.82 Å². The van der Waals surface area contributed by atoms with Gasteiger partial charge in [0.15, 0.2) is 0 Å². The largest absolute Gasteiger partial charge is 0.496 e. The molecule has 0 fully saturated rings. The number of carbonyl (C=O) groups excluding carboxylic acids is 1. The maximum absolute atomic E-state index is 14.5. The van der Waals surface area contributed by atoms with E-state index in [2.05, 4.69) is 15.3 Å². The standard InChI is InChI=1S/C27H22F5N5O2/c1-39-25-12-17(5-6-19(25)16-9-10-33-18(11-16)13-28)22-14-37(35-34-22)24-8-7-20-21(29)3-2-4-23(20)36(26(24)38)15-27(30,31)32/h2-6,9-12,14,24H,7-8,13,15H2,1H3. The van der Waals surface area contributed by atoms with Crippen molar-refractivity contribution in [2.45, 2.75) is 31.7 Å². The number of nitrogens with zero attached hydrogens (tertiary/aromatic N) is 5. The van der Waals surface area contributed by atoms with Crippen molar-refractivity contribution in [3.8, 4) is 28.1 Å². The van der Waals surface area contributed by atoms with Crippen molar-refractivity contribution in [3.63, 3.8) is 0 Å². The Bertz CT molecular complexity index is 1520. The van der Waals surface area contributed by atoms with E-state index < -0.39 is 37.2 Å². The molecule has 5 rings (SSSR count). The molecule has 2 aromatic carbocycles. The zero-order valence-electron chi connectivity index (χ0n) is 20.6. The molecule has 12 heteroatoms. The maximum atomic E-state index is 14.5. The summed E-state index contributed by atoms with van der Waals surface area (Å²) in [6.07, 6.45) is -1.66. The van der Waals surface area contributed by atoms with Crippen molar-refractivity contribution in [2.24, 2.45) is 0 Å². The second kappa shape index (κ2) is 10.4. The number of amides is 1. The fourth-order valence-corrected chi connectivity index (χ4v) is 4.71. The second-order valence-electron chi connectivity index (χ2n) is 9.00. The third-order valence-corrected chi connectivity index (χ3v) is 6.53. The van der Waals surface area contributed by atoms with Gasteiger partial charge in [0.2, 0.25) is 0 Å². The summed E-state index contributed by atoms with van der Waals surface area (Å²) in [5, 5.41) is 8.17. The van der Waals surface area contributed by atoms with Crippen LogP contribution < -0.4 is 9.64 Å². The number of hydrogen-bond acceptors (Lipinski definition) is 5. The van der Waals surface area contributed by atoms with Gasteiger partial charge in [-0.25, -0.2) is 13.5 Å². The van der Waals surface area contributed by atoms with E-state index in [9.17, 15) is 26.7 Å². The predicted molar refractivity (Wildman–Crippen MR) is 132 cm³/mol. The Morgan fingerprint density at radius 2 is 1.92 bits per heavy atom. The number of hydrogen-bond donors (Lipinski definition) is 0. The molecule has 1 atom stereocenters. The first-order valence-corrected chi connectivity index (χ1v) is 12.0. The Labute approximate surface area is 219 Å². The summed E-state index contributed by atoms with van der Waals surface area (Å²) in [6.45, 7) is -2.27. The van der Waals surface area contributed by atoms with Crippen LogP contribution in [0.25, 0.3) is 22.4 Å². The van der Waals surface area contributed by atoms with Gasteiger partial charge in [-0.05, 0) is 54.8 Å². The molecule has 7 nitrogen and oxygen atoms in total. The number of anilines is 1. The summed E-state index contributed by atoms with van der Waals surface area (Å²) in [6, 6.07) is 11.1. The number of halogens is 5. The van der Waals surface area contributed by atoms with Gasteiger partial charge in [-0.15, -0.1) is 5.10 Å². The van der Waals surface area contributed by atoms with E-state index >= 15 is 0 Å². The molecule has 39 heavy (non-hydrogen) atoms. The average molecular weight is 543 g/mol. The van der Waals surface area contributed by atoms with Gasteiger partial charge >= 0.3 is 6.18 Å². The zero-order chi connectivity index (χ0) is 27.7. The Morgan fingerprint density at radius 3 is 2.67 bits per heavy atom. The van der Waals surface area contributed by atoms with Crippen LogP contribution in [-0.2, 0) is 17.9 Å². The molecule has 3 heterocycles. The summed E-state index contributed by atoms with van der Waals surface area (Å²) in [4.78, 5) is 17.9. The first kappa shape index (κ1) is 26.3. The zero-order valence-corrected chi connectivity index (χ0v) is 20.6. The highest BCUT2D eigenvalue weighted by atomic mass is 19.4. The van der Waals surface area contributed by atoms with Gasteiger partial charge in [-0.2, -0.15) is 13.2 Å². The molecular formula is C27H22F5N5O2. The van der Waals surface area contributed by atoms with Gasteiger partial charge < -0.3 is 9.64 Å². The summed E-state index contributed by atoms with van der Waals surface area (Å²) in [5.74, 6) is -1.07. The van der Waals surface area contributed by atoms with Crippen LogP contribution in [0.3, 0.4) is 0 Å². The van der Waals surface area contributed by atoms with Gasteiger partial charge in [0.05, 0.1) is 24.7 Å². The van der Waals surface area contributed by atoms with Crippen LogP contribution >= 0.6 is 0 Å². The lowest BCUT2D eigenvalue weighted by molar-refractivity contribution is -0.134. The molecule has 0 N–H and O–H groups in total. The molecule has 1 amide bonds. The Balaban J connectivity index is 1.47. The van der Waals surface area contributed by atoms with Crippen molar-refractivity contribution in [3.05, 3.63) is 78.0 Å². The second-order valence-corrected chi connectivity index (χ2v) is 9.00. The normalized spacial score (nSPS) is 15.7. The van der Waals surface area contributed by atoms with Gasteiger partial charge in [0.25, 0.3) is 5.91 Å². The molecule has 0 radical (unpaired) electrons. The quantitative estimate of drug-likeness (QED) is 0.292. The molecule has 1 aliphatic heterocycles. The Morgan fingerprint density at radius 1 is 1.10 bits per heavy atom. The fraction of sp³-hybridized carbons (Fsp3) is 0.259. The van der Waals surface area contributed by atoms with E-state index in [4.69, 9.17) is 4.74 Å². The van der Waals surface area contributed by atoms with Crippen LogP contribution in [0.5, 0.6) is 5.75 Å². The first-order valence-electron chi connectivity index (χ1n) is 12.0. The van der Waals surface area contributed by atoms with E-state index in [0.29, 0.717) is 33.0 Å². The Hall–Kier alpha value is -4.35. The molecule has 1 aliphatic rings. The monoisotopic (exact) mass is 543 g/mol. The van der Waals surface area contributed by atoms with Gasteiger partial charge in [0.1, 0.15) is 36.5 Å². The highest BCUT2D eigenvalue weighted by molar-refractivity contribution is 5.97. The number of alkyl halides is 4. The number of pyridine rings is 1. The molecule has 0 saturated heterocycles. The van der Waals surface area contributed by atoms with E-state index in [1.165, 1.54) is 36.3 Å². The highest BCUT2D eigenvalue weighted by Crippen LogP contribution is 2.37. The lowest BCUT2D eigenvalue weighted by Crippen LogP contribution is -2.42. The van der Waals surface area contributed by atoms with Crippen LogP contribution in [0.4, 0.5) is 27.6 Å². The van der Waals surface area contributed by atoms with Crippen molar-refractivity contribution in [1.29, 1.82) is 0 Å². The smallest absolute Gasteiger partial charge is 0.406 e. The topological polar surface area (TPSA) is 73.1 Å². The van der Waals surface area contributed by atoms with Gasteiger partial charge in [-0.3, -0.25) is 9.78 Å². The molecule has 2 aromatic heterocycles. The van der Waals surface area contributed by atoms with Crippen molar-refractivity contribution < 1.29 is 31.5 Å². The molecule has 0 aliphatic carbocycles. The molecule has 0 saturated carbocycles. The molecule has 4 aromatic rings. The van der Waals surface area contributed by atoms with E-state index in [-0.39, 0.29) is 29.8 Å². The van der Waals surface area contributed by atoms with E-state index in [1.54, 1.807) is 30.3 Å². The van der Waals surface area contributed by atoms with Crippen LogP contribution in [0.15, 0.2) is 60.9 Å². The minimum atomic E-state index is -4.69. The predicted octanol–water partition coefficient (Wildman–Crippen LogP) is 5.71. The molecular weight excluding hydrogens is 521 g/mol. The Kier molecular flexibility index (Phi) is 7.02. The molecule has 202 valence electrons. The summed E-state index contributed by atoms with van der Waals surface area (Å²) >= 11 is 0. The van der Waals surface area contributed by atoms with Crippen molar-refractivity contribution >= 4 is 11.6 Å². The molecule has 1 unspecified atom stereocenters. The SMILES string of the molecule is COc1cc(-c2cn(C3CCc4c(F)cccc4N(CC(F)(F)F)C3=O)nn2)ccc1-c1ccnc(CF)c1. The summed E-state index contributed by atoms with van der Waals surface area (Å²) < 4.78 is 74.6. The number of carbonyl (C=O) groups is 1. The number of ether oxygens (including phenoxy) is 1. The third-order valence-electron chi connectivity index (χ3n) is 6.53. The van der Waals surface area contributed by atoms with Crippen molar-refractivity contribution in [2.75, 3.05) is 18.6 Å². The minimum absolute atomic E-state index is 0.0329. The fourth-order valence-electron chi connectivity index (χ4n) is 4.71. The van der Waals surface area contributed by atoms with Gasteiger partial charge in [0, 0.05) is 22.9 Å². The lowest BCUT2D eigenvalue weighted by atomic mass is 10.0. The number of rotatable bonds is 6. The van der Waals surface area contributed by atoms with Crippen LogP contribution in [0.2, 0.25) is 0 Å². The van der Waals surface area contributed by atoms with E-state index in [1.807, 2.05) is 0 Å². The number of benzene rings is 2. The number of aromatic nitrogens is 4. The highest BCUT2D eigenvalue weighted by Gasteiger charge is 2.40. The number of fused-ring (bicyclic) bond motifs is 1. The third kappa shape index (κ3) is 5.31. The van der Waals surface area contributed by atoms with Crippen molar-refractivity contribution in [1.82, 2.24) is 20.0 Å². The summed E-state index contributed by atoms with van der Waals surface area (Å²) in [5.41, 5.74) is 2.53.